The van der Waals surface area contributed by atoms with Crippen molar-refractivity contribution in [3.63, 3.8) is 0 Å². The summed E-state index contributed by atoms with van der Waals surface area (Å²) in [6.45, 7) is 2.48. The summed E-state index contributed by atoms with van der Waals surface area (Å²) in [6.07, 6.45) is 13.0. The lowest BCUT2D eigenvalue weighted by atomic mass is 9.95. The summed E-state index contributed by atoms with van der Waals surface area (Å²) in [6, 6.07) is -0.0189. The van der Waals surface area contributed by atoms with E-state index in [-0.39, 0.29) is 23.9 Å². The molecule has 170 valence electrons. The van der Waals surface area contributed by atoms with Crippen molar-refractivity contribution < 1.29 is 9.59 Å². The van der Waals surface area contributed by atoms with Gasteiger partial charge in [-0.05, 0) is 58.3 Å². The van der Waals surface area contributed by atoms with Crippen molar-refractivity contribution in [2.24, 2.45) is 0 Å². The maximum atomic E-state index is 13.5. The molecule has 1 atom stereocenters. The number of fused-ring (bicyclic) bond motifs is 1. The van der Waals surface area contributed by atoms with E-state index in [2.05, 4.69) is 25.5 Å². The molecular formula is C24H32N6O2. The van der Waals surface area contributed by atoms with E-state index in [4.69, 9.17) is 0 Å². The van der Waals surface area contributed by atoms with Gasteiger partial charge in [-0.1, -0.05) is 19.3 Å². The average Bonchev–Trinajstić information content (AvgIpc) is 3.47. The van der Waals surface area contributed by atoms with E-state index in [1.54, 1.807) is 6.20 Å². The fourth-order valence-electron chi connectivity index (χ4n) is 5.51. The number of carbonyl (C=O) groups excluding carboxylic acids is 2. The fourth-order valence-corrected chi connectivity index (χ4v) is 5.51. The summed E-state index contributed by atoms with van der Waals surface area (Å²) in [4.78, 5) is 37.6. The number of aromatic amines is 1. The second-order valence-electron chi connectivity index (χ2n) is 9.42. The van der Waals surface area contributed by atoms with Crippen molar-refractivity contribution in [1.29, 1.82) is 0 Å². The van der Waals surface area contributed by atoms with Crippen molar-refractivity contribution in [1.82, 2.24) is 30.4 Å². The number of likely N-dealkylation sites (tertiary alicyclic amines) is 1. The number of nitrogens with zero attached hydrogens (tertiary/aromatic N) is 4. The van der Waals surface area contributed by atoms with E-state index >= 15 is 0 Å². The molecule has 0 aromatic carbocycles. The van der Waals surface area contributed by atoms with Gasteiger partial charge in [0.25, 0.3) is 11.8 Å². The molecular weight excluding hydrogens is 404 g/mol. The average molecular weight is 437 g/mol. The molecule has 2 aromatic rings. The largest absolute Gasteiger partial charge is 0.349 e. The molecule has 0 spiro atoms. The van der Waals surface area contributed by atoms with Gasteiger partial charge < -0.3 is 10.2 Å². The summed E-state index contributed by atoms with van der Waals surface area (Å²) in [7, 11) is 0. The highest BCUT2D eigenvalue weighted by atomic mass is 16.2. The highest BCUT2D eigenvalue weighted by Gasteiger charge is 2.37. The fraction of sp³-hybridized carbons (Fsp3) is 0.625. The molecule has 3 aliphatic rings. The van der Waals surface area contributed by atoms with Crippen molar-refractivity contribution >= 4 is 11.8 Å². The lowest BCUT2D eigenvalue weighted by Gasteiger charge is -2.27. The van der Waals surface area contributed by atoms with E-state index in [0.29, 0.717) is 29.3 Å². The number of aromatic nitrogens is 4. The molecule has 2 aliphatic carbocycles. The standard InChI is InChI=1S/C24H32N6O2/c1-15-25-14-18(23(31)27-16-8-3-2-4-9-16)21(26-15)20-12-7-13-30(20)24(32)22-17-10-5-6-11-19(17)28-29-22/h14,16,20H,2-13H2,1H3,(H,27,31)(H,28,29)/t20-/m0/s1. The Morgan fingerprint density at radius 1 is 1.06 bits per heavy atom. The third-order valence-electron chi connectivity index (χ3n) is 7.21. The predicted octanol–water partition coefficient (Wildman–Crippen LogP) is 3.43. The number of rotatable bonds is 4. The number of carbonyl (C=O) groups is 2. The molecule has 3 heterocycles. The molecule has 5 rings (SSSR count). The summed E-state index contributed by atoms with van der Waals surface area (Å²) in [5, 5.41) is 10.7. The van der Waals surface area contributed by atoms with E-state index < -0.39 is 0 Å². The van der Waals surface area contributed by atoms with Crippen LogP contribution in [0.15, 0.2) is 6.20 Å². The van der Waals surface area contributed by atoms with Gasteiger partial charge in [0.15, 0.2) is 5.69 Å². The van der Waals surface area contributed by atoms with Crippen LogP contribution in [0, 0.1) is 6.92 Å². The Bertz CT molecular complexity index is 1010. The predicted molar refractivity (Wildman–Crippen MR) is 119 cm³/mol. The molecule has 1 saturated carbocycles. The van der Waals surface area contributed by atoms with E-state index in [1.807, 2.05) is 11.8 Å². The molecule has 0 unspecified atom stereocenters. The van der Waals surface area contributed by atoms with E-state index in [9.17, 15) is 9.59 Å². The van der Waals surface area contributed by atoms with Crippen LogP contribution in [0.5, 0.6) is 0 Å². The van der Waals surface area contributed by atoms with Crippen LogP contribution >= 0.6 is 0 Å². The zero-order valence-electron chi connectivity index (χ0n) is 18.8. The zero-order chi connectivity index (χ0) is 22.1. The van der Waals surface area contributed by atoms with Crippen LogP contribution < -0.4 is 5.32 Å². The van der Waals surface area contributed by atoms with Crippen molar-refractivity contribution in [3.05, 3.63) is 40.2 Å². The molecule has 2 aromatic heterocycles. The highest BCUT2D eigenvalue weighted by Crippen LogP contribution is 2.35. The van der Waals surface area contributed by atoms with Crippen LogP contribution in [0.4, 0.5) is 0 Å². The van der Waals surface area contributed by atoms with Crippen LogP contribution in [0.3, 0.4) is 0 Å². The third-order valence-corrected chi connectivity index (χ3v) is 7.21. The van der Waals surface area contributed by atoms with Gasteiger partial charge in [0.05, 0.1) is 17.3 Å². The Balaban J connectivity index is 1.42. The zero-order valence-corrected chi connectivity index (χ0v) is 18.8. The van der Waals surface area contributed by atoms with Crippen LogP contribution in [0.1, 0.15) is 107 Å². The number of H-pyrrole nitrogens is 1. The first kappa shape index (κ1) is 21.1. The second kappa shape index (κ2) is 9.00. The highest BCUT2D eigenvalue weighted by molar-refractivity contribution is 5.97. The molecule has 2 N–H and O–H groups in total. The summed E-state index contributed by atoms with van der Waals surface area (Å²) < 4.78 is 0. The van der Waals surface area contributed by atoms with Gasteiger partial charge in [-0.15, -0.1) is 0 Å². The monoisotopic (exact) mass is 436 g/mol. The SMILES string of the molecule is Cc1ncc(C(=O)NC2CCCCC2)c([C@@H]2CCCN2C(=O)c2n[nH]c3c2CCCC3)n1. The normalized spacial score (nSPS) is 21.4. The molecule has 32 heavy (non-hydrogen) atoms. The Kier molecular flexibility index (Phi) is 5.93. The Hall–Kier alpha value is -2.77. The second-order valence-corrected chi connectivity index (χ2v) is 9.42. The molecule has 8 heteroatoms. The molecule has 2 fully saturated rings. The molecule has 1 saturated heterocycles. The first-order valence-electron chi connectivity index (χ1n) is 12.1. The first-order chi connectivity index (χ1) is 15.6. The van der Waals surface area contributed by atoms with Crippen LogP contribution in [-0.4, -0.2) is 49.5 Å². The van der Waals surface area contributed by atoms with Gasteiger partial charge in [0.2, 0.25) is 0 Å². The third kappa shape index (κ3) is 4.02. The van der Waals surface area contributed by atoms with Gasteiger partial charge in [-0.3, -0.25) is 14.7 Å². The quantitative estimate of drug-likeness (QED) is 0.764. The minimum atomic E-state index is -0.229. The Morgan fingerprint density at radius 3 is 2.72 bits per heavy atom. The van der Waals surface area contributed by atoms with Gasteiger partial charge in [0.1, 0.15) is 5.82 Å². The maximum Gasteiger partial charge on any atom is 0.275 e. The van der Waals surface area contributed by atoms with Gasteiger partial charge in [0, 0.05) is 30.0 Å². The molecule has 2 amide bonds. The number of aryl methyl sites for hydroxylation is 2. The summed E-state index contributed by atoms with van der Waals surface area (Å²) in [5.74, 6) is 0.441. The molecule has 8 nitrogen and oxygen atoms in total. The molecule has 1 aliphatic heterocycles. The van der Waals surface area contributed by atoms with Crippen molar-refractivity contribution in [2.45, 2.75) is 89.6 Å². The number of amides is 2. The topological polar surface area (TPSA) is 104 Å². The van der Waals surface area contributed by atoms with Crippen LogP contribution in [0.25, 0.3) is 0 Å². The number of nitrogens with one attached hydrogen (secondary N) is 2. The molecule has 0 radical (unpaired) electrons. The maximum absolute atomic E-state index is 13.5. The van der Waals surface area contributed by atoms with Gasteiger partial charge in [-0.2, -0.15) is 5.10 Å². The number of hydrogen-bond donors (Lipinski definition) is 2. The van der Waals surface area contributed by atoms with Crippen molar-refractivity contribution in [3.8, 4) is 0 Å². The Labute approximate surface area is 188 Å². The lowest BCUT2D eigenvalue weighted by Crippen LogP contribution is -2.38. The van der Waals surface area contributed by atoms with Crippen LogP contribution in [0.2, 0.25) is 0 Å². The molecule has 0 bridgehead atoms. The minimum Gasteiger partial charge on any atom is -0.349 e. The van der Waals surface area contributed by atoms with Crippen LogP contribution in [-0.2, 0) is 12.8 Å². The summed E-state index contributed by atoms with van der Waals surface area (Å²) >= 11 is 0. The minimum absolute atomic E-state index is 0.0539. The van der Waals surface area contributed by atoms with E-state index in [1.165, 1.54) is 6.42 Å². The first-order valence-corrected chi connectivity index (χ1v) is 12.1. The summed E-state index contributed by atoms with van der Waals surface area (Å²) in [5.41, 5.74) is 3.88. The Morgan fingerprint density at radius 2 is 1.88 bits per heavy atom. The van der Waals surface area contributed by atoms with E-state index in [0.717, 1.165) is 75.5 Å². The number of hydrogen-bond acceptors (Lipinski definition) is 5. The smallest absolute Gasteiger partial charge is 0.275 e. The van der Waals surface area contributed by atoms with Gasteiger partial charge in [-0.25, -0.2) is 9.97 Å². The van der Waals surface area contributed by atoms with Crippen molar-refractivity contribution in [2.75, 3.05) is 6.54 Å². The van der Waals surface area contributed by atoms with Gasteiger partial charge >= 0.3 is 0 Å². The lowest BCUT2D eigenvalue weighted by molar-refractivity contribution is 0.0721.